The van der Waals surface area contributed by atoms with Gasteiger partial charge in [-0.1, -0.05) is 0 Å². The molecule has 1 fully saturated rings. The second-order valence-electron chi connectivity index (χ2n) is 4.61. The van der Waals surface area contributed by atoms with Crippen LogP contribution >= 0.6 is 0 Å². The van der Waals surface area contributed by atoms with E-state index in [4.69, 9.17) is 0 Å². The third-order valence-corrected chi connectivity index (χ3v) is 5.12. The first-order valence-electron chi connectivity index (χ1n) is 6.40. The summed E-state index contributed by atoms with van der Waals surface area (Å²) in [5.41, 5.74) is 0. The van der Waals surface area contributed by atoms with Crippen LogP contribution in [-0.4, -0.2) is 68.9 Å². The average Bonchev–Trinajstić information content (AvgIpc) is 2.46. The molecule has 0 aromatic carbocycles. The van der Waals surface area contributed by atoms with E-state index >= 15 is 0 Å². The zero-order chi connectivity index (χ0) is 13.7. The zero-order valence-corrected chi connectivity index (χ0v) is 11.9. The fourth-order valence-corrected chi connectivity index (χ4v) is 3.14. The number of nitrogens with zero attached hydrogens (tertiary/aromatic N) is 3. The Morgan fingerprint density at radius 3 is 2.79 bits per heavy atom. The number of sulfonamides is 1. The first kappa shape index (κ1) is 14.4. The maximum absolute atomic E-state index is 12.3. The minimum atomic E-state index is -3.41. The van der Waals surface area contributed by atoms with Gasteiger partial charge in [0.2, 0.25) is 10.0 Å². The summed E-state index contributed by atoms with van der Waals surface area (Å²) in [4.78, 5) is 6.38. The molecule has 1 N–H and O–H groups in total. The molecule has 1 aliphatic rings. The number of hydrogen-bond acceptors (Lipinski definition) is 5. The van der Waals surface area contributed by atoms with Crippen molar-refractivity contribution in [1.29, 1.82) is 0 Å². The largest absolute Gasteiger partial charge is 0.314 e. The van der Waals surface area contributed by atoms with E-state index in [-0.39, 0.29) is 4.90 Å². The molecule has 0 saturated carbocycles. The molecule has 106 valence electrons. The number of rotatable bonds is 5. The van der Waals surface area contributed by atoms with E-state index < -0.39 is 10.0 Å². The topological polar surface area (TPSA) is 65.5 Å². The highest BCUT2D eigenvalue weighted by atomic mass is 32.2. The third-order valence-electron chi connectivity index (χ3n) is 3.28. The van der Waals surface area contributed by atoms with E-state index in [2.05, 4.69) is 15.2 Å². The van der Waals surface area contributed by atoms with Gasteiger partial charge in [0.1, 0.15) is 4.90 Å². The van der Waals surface area contributed by atoms with Gasteiger partial charge in [-0.3, -0.25) is 9.88 Å². The van der Waals surface area contributed by atoms with E-state index in [1.807, 2.05) is 0 Å². The number of nitrogens with one attached hydrogen (secondary N) is 1. The monoisotopic (exact) mass is 284 g/mol. The molecule has 1 aliphatic heterocycles. The highest BCUT2D eigenvalue weighted by Gasteiger charge is 2.21. The SMILES string of the molecule is CN(CCN1CCNCC1)S(=O)(=O)c1cccnc1. The van der Waals surface area contributed by atoms with Crippen LogP contribution in [0.4, 0.5) is 0 Å². The quantitative estimate of drug-likeness (QED) is 0.797. The van der Waals surface area contributed by atoms with Gasteiger partial charge in [0.15, 0.2) is 0 Å². The summed E-state index contributed by atoms with van der Waals surface area (Å²) >= 11 is 0. The van der Waals surface area contributed by atoms with Crippen molar-refractivity contribution in [1.82, 2.24) is 19.5 Å². The molecule has 0 spiro atoms. The molecule has 0 bridgehead atoms. The molecule has 1 saturated heterocycles. The third kappa shape index (κ3) is 3.73. The van der Waals surface area contributed by atoms with Crippen LogP contribution in [-0.2, 0) is 10.0 Å². The molecule has 1 aromatic heterocycles. The average molecular weight is 284 g/mol. The molecule has 2 rings (SSSR count). The Morgan fingerprint density at radius 1 is 1.42 bits per heavy atom. The van der Waals surface area contributed by atoms with Gasteiger partial charge in [0.05, 0.1) is 0 Å². The molecule has 2 heterocycles. The first-order chi connectivity index (χ1) is 9.10. The molecular weight excluding hydrogens is 264 g/mol. The summed E-state index contributed by atoms with van der Waals surface area (Å²) in [5, 5.41) is 3.28. The number of likely N-dealkylation sites (N-methyl/N-ethyl adjacent to an activating group) is 1. The van der Waals surface area contributed by atoms with Crippen molar-refractivity contribution in [3.05, 3.63) is 24.5 Å². The lowest BCUT2D eigenvalue weighted by molar-refractivity contribution is 0.229. The first-order valence-corrected chi connectivity index (χ1v) is 7.84. The van der Waals surface area contributed by atoms with Gasteiger partial charge in [-0.15, -0.1) is 0 Å². The van der Waals surface area contributed by atoms with Crippen LogP contribution in [0, 0.1) is 0 Å². The Morgan fingerprint density at radius 2 is 2.16 bits per heavy atom. The Labute approximate surface area is 114 Å². The van der Waals surface area contributed by atoms with Crippen molar-refractivity contribution in [2.45, 2.75) is 4.90 Å². The predicted octanol–water partition coefficient (Wildman–Crippen LogP) is -0.393. The Kier molecular flexibility index (Phi) is 4.87. The minimum absolute atomic E-state index is 0.248. The van der Waals surface area contributed by atoms with Crippen LogP contribution in [0.1, 0.15) is 0 Å². The van der Waals surface area contributed by atoms with Crippen LogP contribution < -0.4 is 5.32 Å². The molecule has 19 heavy (non-hydrogen) atoms. The molecule has 0 atom stereocenters. The highest BCUT2D eigenvalue weighted by Crippen LogP contribution is 2.12. The Bertz CT molecular complexity index is 486. The highest BCUT2D eigenvalue weighted by molar-refractivity contribution is 7.89. The lowest BCUT2D eigenvalue weighted by Gasteiger charge is -2.28. The number of pyridine rings is 1. The zero-order valence-electron chi connectivity index (χ0n) is 11.1. The van der Waals surface area contributed by atoms with Crippen molar-refractivity contribution in [3.8, 4) is 0 Å². The lowest BCUT2D eigenvalue weighted by Crippen LogP contribution is -2.46. The summed E-state index contributed by atoms with van der Waals surface area (Å²) in [5.74, 6) is 0. The van der Waals surface area contributed by atoms with E-state index in [1.54, 1.807) is 25.4 Å². The predicted molar refractivity (Wildman–Crippen MR) is 73.4 cm³/mol. The van der Waals surface area contributed by atoms with Gasteiger partial charge in [-0.05, 0) is 12.1 Å². The van der Waals surface area contributed by atoms with Gasteiger partial charge >= 0.3 is 0 Å². The Hall–Kier alpha value is -1.02. The molecule has 6 nitrogen and oxygen atoms in total. The summed E-state index contributed by atoms with van der Waals surface area (Å²) < 4.78 is 25.9. The van der Waals surface area contributed by atoms with Crippen LogP contribution in [0.25, 0.3) is 0 Å². The van der Waals surface area contributed by atoms with E-state index in [0.29, 0.717) is 6.54 Å². The fourth-order valence-electron chi connectivity index (χ4n) is 2.02. The molecule has 0 radical (unpaired) electrons. The summed E-state index contributed by atoms with van der Waals surface area (Å²) in [6.07, 6.45) is 2.95. The van der Waals surface area contributed by atoms with E-state index in [0.717, 1.165) is 32.7 Å². The van der Waals surface area contributed by atoms with Crippen molar-refractivity contribution >= 4 is 10.0 Å². The van der Waals surface area contributed by atoms with Crippen LogP contribution in [0.15, 0.2) is 29.4 Å². The van der Waals surface area contributed by atoms with Crippen LogP contribution in [0.3, 0.4) is 0 Å². The maximum Gasteiger partial charge on any atom is 0.244 e. The lowest BCUT2D eigenvalue weighted by atomic mass is 10.3. The standard InChI is InChI=1S/C12H20N4O2S/c1-15(9-10-16-7-5-13-6-8-16)19(17,18)12-3-2-4-14-11-12/h2-4,11,13H,5-10H2,1H3. The van der Waals surface area contributed by atoms with E-state index in [1.165, 1.54) is 10.5 Å². The van der Waals surface area contributed by atoms with Crippen molar-refractivity contribution in [3.63, 3.8) is 0 Å². The Balaban J connectivity index is 1.93. The normalized spacial score (nSPS) is 17.8. The van der Waals surface area contributed by atoms with Crippen molar-refractivity contribution in [2.75, 3.05) is 46.3 Å². The van der Waals surface area contributed by atoms with Crippen molar-refractivity contribution < 1.29 is 8.42 Å². The van der Waals surface area contributed by atoms with Crippen molar-refractivity contribution in [2.24, 2.45) is 0 Å². The maximum atomic E-state index is 12.3. The molecule has 0 amide bonds. The van der Waals surface area contributed by atoms with Gasteiger partial charge in [-0.2, -0.15) is 4.31 Å². The summed E-state index contributed by atoms with van der Waals surface area (Å²) in [6, 6.07) is 3.21. The molecule has 7 heteroatoms. The number of piperazine rings is 1. The second-order valence-corrected chi connectivity index (χ2v) is 6.65. The van der Waals surface area contributed by atoms with Gasteiger partial charge in [0.25, 0.3) is 0 Å². The van der Waals surface area contributed by atoms with Crippen LogP contribution in [0.2, 0.25) is 0 Å². The van der Waals surface area contributed by atoms with Gasteiger partial charge in [0, 0.05) is 58.7 Å². The van der Waals surface area contributed by atoms with Gasteiger partial charge in [-0.25, -0.2) is 8.42 Å². The fraction of sp³-hybridized carbons (Fsp3) is 0.583. The summed E-state index contributed by atoms with van der Waals surface area (Å²) in [7, 11) is -1.80. The second kappa shape index (κ2) is 6.42. The number of hydrogen-bond donors (Lipinski definition) is 1. The molecule has 0 unspecified atom stereocenters. The smallest absolute Gasteiger partial charge is 0.244 e. The molecular formula is C12H20N4O2S. The number of aromatic nitrogens is 1. The van der Waals surface area contributed by atoms with Gasteiger partial charge < -0.3 is 5.32 Å². The van der Waals surface area contributed by atoms with Crippen LogP contribution in [0.5, 0.6) is 0 Å². The minimum Gasteiger partial charge on any atom is -0.314 e. The summed E-state index contributed by atoms with van der Waals surface area (Å²) in [6.45, 7) is 5.15. The molecule has 1 aromatic rings. The van der Waals surface area contributed by atoms with E-state index in [9.17, 15) is 8.42 Å². The molecule has 0 aliphatic carbocycles.